The quantitative estimate of drug-likeness (QED) is 0.341. The van der Waals surface area contributed by atoms with Gasteiger partial charge in [0.2, 0.25) is 0 Å². The fourth-order valence-electron chi connectivity index (χ4n) is 1.94. The van der Waals surface area contributed by atoms with Crippen molar-refractivity contribution < 1.29 is 0 Å². The molecule has 0 aromatic carbocycles. The Hall–Kier alpha value is -0.390. The van der Waals surface area contributed by atoms with Gasteiger partial charge in [-0.3, -0.25) is 0 Å². The van der Waals surface area contributed by atoms with Crippen LogP contribution in [0.15, 0.2) is 12.2 Å². The van der Waals surface area contributed by atoms with E-state index in [2.05, 4.69) is 32.4 Å². The van der Waals surface area contributed by atoms with Gasteiger partial charge >= 0.3 is 0 Å². The van der Waals surface area contributed by atoms with E-state index in [4.69, 9.17) is 0 Å². The summed E-state index contributed by atoms with van der Waals surface area (Å²) in [5.41, 5.74) is 1.12. The molecule has 0 bridgehead atoms. The van der Waals surface area contributed by atoms with Gasteiger partial charge in [-0.1, -0.05) is 13.8 Å². The van der Waals surface area contributed by atoms with E-state index >= 15 is 0 Å². The van der Waals surface area contributed by atoms with Crippen molar-refractivity contribution in [3.8, 4) is 0 Å². The maximum atomic E-state index is 2.45. The van der Waals surface area contributed by atoms with Crippen LogP contribution >= 0.6 is 0 Å². The highest BCUT2D eigenvalue weighted by molar-refractivity contribution is 5.31. The van der Waals surface area contributed by atoms with Crippen molar-refractivity contribution in [2.75, 3.05) is 0 Å². The third-order valence-corrected chi connectivity index (χ3v) is 2.90. The largest absolute Gasteiger partial charge is 0.132 e. The van der Waals surface area contributed by atoms with Crippen LogP contribution in [-0.2, 0) is 0 Å². The SMILES string of the molecule is CC1(C)CC12C=CC[CH+]2. The van der Waals surface area contributed by atoms with Gasteiger partial charge in [0, 0.05) is 11.8 Å². The summed E-state index contributed by atoms with van der Waals surface area (Å²) >= 11 is 0. The lowest BCUT2D eigenvalue weighted by molar-refractivity contribution is 0.524. The molecule has 1 atom stereocenters. The molecule has 2 aliphatic carbocycles. The van der Waals surface area contributed by atoms with Gasteiger partial charge in [0.25, 0.3) is 0 Å². The van der Waals surface area contributed by atoms with Crippen LogP contribution in [0.25, 0.3) is 0 Å². The van der Waals surface area contributed by atoms with Crippen LogP contribution in [0.5, 0.6) is 0 Å². The molecule has 0 heteroatoms. The van der Waals surface area contributed by atoms with Crippen molar-refractivity contribution in [3.63, 3.8) is 0 Å². The molecule has 1 saturated carbocycles. The van der Waals surface area contributed by atoms with Crippen molar-refractivity contribution in [1.29, 1.82) is 0 Å². The van der Waals surface area contributed by atoms with Crippen molar-refractivity contribution in [1.82, 2.24) is 0 Å². The summed E-state index contributed by atoms with van der Waals surface area (Å²) in [6.07, 6.45) is 9.69. The number of hydrogen-bond donors (Lipinski definition) is 0. The zero-order chi connectivity index (χ0) is 6.54. The minimum Gasteiger partial charge on any atom is -0.0547 e. The van der Waals surface area contributed by atoms with Crippen molar-refractivity contribution >= 4 is 0 Å². The molecule has 1 fully saturated rings. The van der Waals surface area contributed by atoms with E-state index in [1.165, 1.54) is 12.8 Å². The third kappa shape index (κ3) is 0.513. The Kier molecular flexibility index (Phi) is 0.723. The second kappa shape index (κ2) is 1.21. The molecule has 1 spiro atoms. The Balaban J connectivity index is 2.23. The number of allylic oxidation sites excluding steroid dienone is 2. The van der Waals surface area contributed by atoms with E-state index in [0.717, 1.165) is 0 Å². The first-order valence-corrected chi connectivity index (χ1v) is 3.68. The molecule has 0 amide bonds. The Morgan fingerprint density at radius 2 is 2.11 bits per heavy atom. The van der Waals surface area contributed by atoms with Crippen molar-refractivity contribution in [2.45, 2.75) is 26.7 Å². The first-order valence-electron chi connectivity index (χ1n) is 3.68. The highest BCUT2D eigenvalue weighted by Gasteiger charge is 2.67. The van der Waals surface area contributed by atoms with Crippen LogP contribution in [0.4, 0.5) is 0 Å². The molecule has 9 heavy (non-hydrogen) atoms. The Bertz CT molecular complexity index is 165. The van der Waals surface area contributed by atoms with Crippen LogP contribution in [0.1, 0.15) is 26.7 Å². The third-order valence-electron chi connectivity index (χ3n) is 2.90. The molecule has 0 aromatic heterocycles. The first kappa shape index (κ1) is 5.40. The topological polar surface area (TPSA) is 0 Å². The van der Waals surface area contributed by atoms with Gasteiger partial charge in [-0.2, -0.15) is 0 Å². The monoisotopic (exact) mass is 121 g/mol. The molecule has 0 saturated heterocycles. The minimum atomic E-state index is 0.535. The van der Waals surface area contributed by atoms with Crippen molar-refractivity contribution in [2.24, 2.45) is 10.8 Å². The molecule has 0 radical (unpaired) electrons. The summed E-state index contributed by atoms with van der Waals surface area (Å²) in [7, 11) is 0. The number of hydrogen-bond acceptors (Lipinski definition) is 0. The Morgan fingerprint density at radius 3 is 2.33 bits per heavy atom. The lowest BCUT2D eigenvalue weighted by Gasteiger charge is -2.00. The smallest absolute Gasteiger partial charge is 0.0547 e. The Labute approximate surface area is 57.0 Å². The van der Waals surface area contributed by atoms with Crippen LogP contribution in [0.3, 0.4) is 0 Å². The summed E-state index contributed by atoms with van der Waals surface area (Å²) < 4.78 is 0. The standard InChI is InChI=1S/C9H13/c1-8(2)7-9(8)5-3-4-6-9/h3,5-6H,4,7H2,1-2H3/q+1. The van der Waals surface area contributed by atoms with Crippen molar-refractivity contribution in [3.05, 3.63) is 18.6 Å². The predicted octanol–water partition coefficient (Wildman–Crippen LogP) is 2.57. The summed E-state index contributed by atoms with van der Waals surface area (Å²) in [6, 6.07) is 0. The normalized spacial score (nSPS) is 43.3. The van der Waals surface area contributed by atoms with E-state index in [9.17, 15) is 0 Å². The highest BCUT2D eigenvalue weighted by Crippen LogP contribution is 2.68. The fraction of sp³-hybridized carbons (Fsp3) is 0.667. The van der Waals surface area contributed by atoms with Crippen LogP contribution in [-0.4, -0.2) is 0 Å². The molecule has 0 aromatic rings. The molecule has 1 unspecified atom stereocenters. The lowest BCUT2D eigenvalue weighted by atomic mass is 9.96. The average molecular weight is 121 g/mol. The summed E-state index contributed by atoms with van der Waals surface area (Å²) in [5.74, 6) is 0. The van der Waals surface area contributed by atoms with Gasteiger partial charge in [0.05, 0.1) is 6.42 Å². The molecular weight excluding hydrogens is 108 g/mol. The van der Waals surface area contributed by atoms with Crippen LogP contribution in [0, 0.1) is 17.3 Å². The molecular formula is C9H13+. The molecule has 2 aliphatic rings. The first-order chi connectivity index (χ1) is 4.16. The van der Waals surface area contributed by atoms with E-state index in [0.29, 0.717) is 10.8 Å². The molecule has 0 nitrogen and oxygen atoms in total. The highest BCUT2D eigenvalue weighted by atomic mass is 14.6. The molecule has 2 rings (SSSR count). The zero-order valence-electron chi connectivity index (χ0n) is 6.15. The second-order valence-electron chi connectivity index (χ2n) is 3.94. The van der Waals surface area contributed by atoms with Gasteiger partial charge in [-0.15, -0.1) is 0 Å². The van der Waals surface area contributed by atoms with Gasteiger partial charge in [-0.05, 0) is 12.2 Å². The van der Waals surface area contributed by atoms with E-state index < -0.39 is 0 Å². The van der Waals surface area contributed by atoms with Crippen LogP contribution < -0.4 is 0 Å². The van der Waals surface area contributed by atoms with Gasteiger partial charge < -0.3 is 0 Å². The lowest BCUT2D eigenvalue weighted by Crippen LogP contribution is -2.01. The average Bonchev–Trinajstić information content (AvgIpc) is 2.27. The molecule has 0 N–H and O–H groups in total. The molecule has 0 aliphatic heterocycles. The number of rotatable bonds is 0. The zero-order valence-corrected chi connectivity index (χ0v) is 6.15. The molecule has 48 valence electrons. The maximum Gasteiger partial charge on any atom is 0.132 e. The summed E-state index contributed by atoms with van der Waals surface area (Å²) in [5, 5.41) is 0. The van der Waals surface area contributed by atoms with E-state index in [-0.39, 0.29) is 0 Å². The summed E-state index contributed by atoms with van der Waals surface area (Å²) in [4.78, 5) is 0. The Morgan fingerprint density at radius 1 is 1.44 bits per heavy atom. The summed E-state index contributed by atoms with van der Waals surface area (Å²) in [6.45, 7) is 4.69. The van der Waals surface area contributed by atoms with Crippen LogP contribution in [0.2, 0.25) is 0 Å². The second-order valence-corrected chi connectivity index (χ2v) is 3.94. The molecule has 0 heterocycles. The van der Waals surface area contributed by atoms with Gasteiger partial charge in [0.15, 0.2) is 0 Å². The van der Waals surface area contributed by atoms with Gasteiger partial charge in [0.1, 0.15) is 11.8 Å². The fourth-order valence-corrected chi connectivity index (χ4v) is 1.94. The van der Waals surface area contributed by atoms with E-state index in [1.54, 1.807) is 0 Å². The van der Waals surface area contributed by atoms with Gasteiger partial charge in [-0.25, -0.2) is 0 Å². The predicted molar refractivity (Wildman–Crippen MR) is 38.9 cm³/mol. The minimum absolute atomic E-state index is 0.535. The maximum absolute atomic E-state index is 2.45. The van der Waals surface area contributed by atoms with E-state index in [1.807, 2.05) is 0 Å².